The van der Waals surface area contributed by atoms with E-state index in [1.165, 1.54) is 4.59 Å². The van der Waals surface area contributed by atoms with Gasteiger partial charge in [0.15, 0.2) is 5.82 Å². The zero-order valence-corrected chi connectivity index (χ0v) is 16.1. The second-order valence-electron chi connectivity index (χ2n) is 7.01. The van der Waals surface area contributed by atoms with Gasteiger partial charge in [-0.3, -0.25) is 14.4 Å². The summed E-state index contributed by atoms with van der Waals surface area (Å²) in [7, 11) is 5.98. The van der Waals surface area contributed by atoms with Gasteiger partial charge in [0, 0.05) is 35.1 Å². The molecule has 0 fully saturated rings. The van der Waals surface area contributed by atoms with Crippen LogP contribution in [0.4, 0.5) is 11.6 Å². The Morgan fingerprint density at radius 3 is 2.57 bits per heavy atom. The maximum atomic E-state index is 11.6. The van der Waals surface area contributed by atoms with Crippen molar-refractivity contribution >= 4 is 25.5 Å². The Kier molecular flexibility index (Phi) is 4.28. The number of aromatic nitrogens is 5. The first-order chi connectivity index (χ1) is 14.6. The van der Waals surface area contributed by atoms with Crippen LogP contribution in [-0.4, -0.2) is 38.5 Å². The van der Waals surface area contributed by atoms with E-state index < -0.39 is 0 Å². The lowest BCUT2D eigenvalue weighted by atomic mass is 10.1. The molecule has 0 saturated heterocycles. The van der Waals surface area contributed by atoms with Crippen molar-refractivity contribution in [2.24, 2.45) is 0 Å². The minimum atomic E-state index is -0.161. The van der Waals surface area contributed by atoms with Gasteiger partial charge in [0.05, 0.1) is 11.9 Å². The summed E-state index contributed by atoms with van der Waals surface area (Å²) < 4.78 is 1.18. The summed E-state index contributed by atoms with van der Waals surface area (Å²) in [6.45, 7) is 2.42. The van der Waals surface area contributed by atoms with E-state index in [9.17, 15) is 4.79 Å². The van der Waals surface area contributed by atoms with E-state index in [2.05, 4.69) is 30.7 Å². The Balaban J connectivity index is 1.37. The fourth-order valence-electron chi connectivity index (χ4n) is 3.29. The largest absolute Gasteiger partial charge is 0.347 e. The summed E-state index contributed by atoms with van der Waals surface area (Å²) in [6.07, 6.45) is 3.43. The van der Waals surface area contributed by atoms with Crippen LogP contribution in [0.25, 0.3) is 22.5 Å². The van der Waals surface area contributed by atoms with Gasteiger partial charge >= 0.3 is 0 Å². The molecule has 1 aliphatic rings. The predicted molar refractivity (Wildman–Crippen MR) is 113 cm³/mol. The van der Waals surface area contributed by atoms with Crippen molar-refractivity contribution < 1.29 is 4.79 Å². The molecule has 1 amide bonds. The van der Waals surface area contributed by atoms with E-state index in [1.54, 1.807) is 6.20 Å². The van der Waals surface area contributed by atoms with Gasteiger partial charge in [0.2, 0.25) is 5.95 Å². The lowest BCUT2D eigenvalue weighted by Crippen LogP contribution is -2.13. The number of nitrogens with one attached hydrogen (secondary N) is 2. The molecule has 0 unspecified atom stereocenters. The zero-order chi connectivity index (χ0) is 20.7. The molecule has 4 heterocycles. The Morgan fingerprint density at radius 1 is 1.03 bits per heavy atom. The fourth-order valence-corrected chi connectivity index (χ4v) is 3.29. The zero-order valence-electron chi connectivity index (χ0n) is 16.1. The maximum absolute atomic E-state index is 11.6. The topological polar surface area (TPSA) is 97.6 Å². The first-order valence-corrected chi connectivity index (χ1v) is 9.36. The second kappa shape index (κ2) is 7.11. The normalized spacial score (nSPS) is 12.5. The van der Waals surface area contributed by atoms with Gasteiger partial charge in [0.1, 0.15) is 5.69 Å². The molecule has 3 aromatic heterocycles. The van der Waals surface area contributed by atoms with Crippen molar-refractivity contribution in [3.63, 3.8) is 0 Å². The third-order valence-corrected chi connectivity index (χ3v) is 4.90. The van der Waals surface area contributed by atoms with Crippen LogP contribution in [0.5, 0.6) is 0 Å². The summed E-state index contributed by atoms with van der Waals surface area (Å²) in [5, 5.41) is 10.1. The van der Waals surface area contributed by atoms with Crippen molar-refractivity contribution in [2.45, 2.75) is 13.5 Å². The highest BCUT2D eigenvalue weighted by molar-refractivity contribution is 6.07. The molecule has 9 heteroatoms. The number of rotatable bonds is 4. The monoisotopic (exact) mass is 393 g/mol. The molecular weight excluding hydrogens is 377 g/mol. The number of aryl methyl sites for hydroxylation is 1. The minimum absolute atomic E-state index is 0.161. The highest BCUT2D eigenvalue weighted by Gasteiger charge is 2.20. The van der Waals surface area contributed by atoms with Crippen molar-refractivity contribution in [2.75, 3.05) is 5.32 Å². The number of benzene rings is 1. The van der Waals surface area contributed by atoms with Crippen molar-refractivity contribution in [1.29, 1.82) is 0 Å². The van der Waals surface area contributed by atoms with E-state index >= 15 is 0 Å². The lowest BCUT2D eigenvalue weighted by molar-refractivity contribution is 0.0961. The molecule has 0 aliphatic carbocycles. The van der Waals surface area contributed by atoms with E-state index in [-0.39, 0.29) is 5.91 Å². The van der Waals surface area contributed by atoms with Crippen LogP contribution in [-0.2, 0) is 6.54 Å². The lowest BCUT2D eigenvalue weighted by Gasteiger charge is -2.05. The molecular formula is C21H16BN7O. The van der Waals surface area contributed by atoms with Crippen LogP contribution in [0.15, 0.2) is 54.9 Å². The number of hydrogen-bond donors (Lipinski definition) is 2. The average molecular weight is 393 g/mol. The van der Waals surface area contributed by atoms with E-state index in [0.29, 0.717) is 29.7 Å². The number of hydrogen-bond acceptors (Lipinski definition) is 6. The van der Waals surface area contributed by atoms with Crippen molar-refractivity contribution in [1.82, 2.24) is 30.0 Å². The highest BCUT2D eigenvalue weighted by Crippen LogP contribution is 2.25. The molecule has 5 rings (SSSR count). The van der Waals surface area contributed by atoms with Crippen LogP contribution < -0.4 is 10.6 Å². The molecule has 4 aromatic rings. The third kappa shape index (κ3) is 3.30. The van der Waals surface area contributed by atoms with Crippen molar-refractivity contribution in [3.05, 3.63) is 71.8 Å². The molecule has 0 bridgehead atoms. The smallest absolute Gasteiger partial charge is 0.270 e. The third-order valence-electron chi connectivity index (χ3n) is 4.90. The van der Waals surface area contributed by atoms with Gasteiger partial charge in [-0.2, -0.15) is 10.1 Å². The minimum Gasteiger partial charge on any atom is -0.347 e. The molecule has 0 saturated carbocycles. The summed E-state index contributed by atoms with van der Waals surface area (Å²) >= 11 is 0. The summed E-state index contributed by atoms with van der Waals surface area (Å²) in [5.74, 6) is 0.709. The number of carbonyl (C=O) groups excluding carboxylic acids is 1. The standard InChI is InChI=1S/C21H16BN7O/c1-12-2-3-15(9-23-12)13-4-6-14(7-5-13)19-27-21(29(22)28-19)26-17-8-16-10-25-20(30)18(16)24-11-17/h2-9,11H,10H2,1H3,(H,25,30)(H,26,27,28). The molecule has 8 nitrogen and oxygen atoms in total. The van der Waals surface area contributed by atoms with Crippen LogP contribution in [0.1, 0.15) is 21.7 Å². The van der Waals surface area contributed by atoms with Crippen LogP contribution in [0.3, 0.4) is 0 Å². The molecule has 2 N–H and O–H groups in total. The number of nitrogens with zero attached hydrogens (tertiary/aromatic N) is 5. The van der Waals surface area contributed by atoms with Crippen molar-refractivity contribution in [3.8, 4) is 22.5 Å². The predicted octanol–water partition coefficient (Wildman–Crippen LogP) is 2.63. The van der Waals surface area contributed by atoms with Gasteiger partial charge in [0.25, 0.3) is 13.9 Å². The summed E-state index contributed by atoms with van der Waals surface area (Å²) in [6, 6.07) is 13.8. The highest BCUT2D eigenvalue weighted by atomic mass is 16.2. The van der Waals surface area contributed by atoms with Gasteiger partial charge in [-0.1, -0.05) is 30.3 Å². The molecule has 144 valence electrons. The fraction of sp³-hybridized carbons (Fsp3) is 0.0952. The van der Waals surface area contributed by atoms with E-state index in [0.717, 1.165) is 27.9 Å². The molecule has 0 atom stereocenters. The van der Waals surface area contributed by atoms with Gasteiger partial charge in [-0.05, 0) is 24.6 Å². The van der Waals surface area contributed by atoms with E-state index in [1.807, 2.05) is 55.6 Å². The molecule has 1 aliphatic heterocycles. The average Bonchev–Trinajstić information content (AvgIpc) is 3.31. The van der Waals surface area contributed by atoms with Crippen LogP contribution >= 0.6 is 0 Å². The maximum Gasteiger partial charge on any atom is 0.270 e. The van der Waals surface area contributed by atoms with Gasteiger partial charge in [-0.25, -0.2) is 4.98 Å². The Morgan fingerprint density at radius 2 is 1.80 bits per heavy atom. The number of amides is 1. The first kappa shape index (κ1) is 18.1. The van der Waals surface area contributed by atoms with Crippen LogP contribution in [0, 0.1) is 6.92 Å². The summed E-state index contributed by atoms with van der Waals surface area (Å²) in [4.78, 5) is 24.7. The molecule has 2 radical (unpaired) electrons. The number of anilines is 2. The quantitative estimate of drug-likeness (QED) is 0.518. The SMILES string of the molecule is [B]n1nc(-c2ccc(-c3ccc(C)nc3)cc2)nc1Nc1cnc2c(c1)CNC2=O. The Labute approximate surface area is 173 Å². The van der Waals surface area contributed by atoms with Gasteiger partial charge in [-0.15, -0.1) is 0 Å². The van der Waals surface area contributed by atoms with Crippen LogP contribution in [0.2, 0.25) is 0 Å². The van der Waals surface area contributed by atoms with E-state index in [4.69, 9.17) is 7.98 Å². The Hall–Kier alpha value is -4.01. The second-order valence-corrected chi connectivity index (χ2v) is 7.01. The number of carbonyl (C=O) groups is 1. The molecule has 30 heavy (non-hydrogen) atoms. The summed E-state index contributed by atoms with van der Waals surface area (Å²) in [5.41, 5.74) is 5.88. The molecule has 0 spiro atoms. The van der Waals surface area contributed by atoms with Gasteiger partial charge < -0.3 is 10.6 Å². The number of pyridine rings is 2. The number of fused-ring (bicyclic) bond motifs is 1. The molecule has 1 aromatic carbocycles. The first-order valence-electron chi connectivity index (χ1n) is 9.36. The Bertz CT molecular complexity index is 1250.